The minimum atomic E-state index is -1.46. The fraction of sp³-hybridized carbons (Fsp3) is 0.444. The molecule has 1 amide bonds. The summed E-state index contributed by atoms with van der Waals surface area (Å²) in [5, 5.41) is 43.2. The van der Waals surface area contributed by atoms with Crippen LogP contribution in [0.5, 0.6) is 0 Å². The van der Waals surface area contributed by atoms with Crippen molar-refractivity contribution in [1.82, 2.24) is 40.4 Å². The quantitative estimate of drug-likeness (QED) is 0.0515. The first-order valence-electron chi connectivity index (χ1n) is 17.5. The van der Waals surface area contributed by atoms with Crippen LogP contribution < -0.4 is 21.3 Å². The number of nitrogens with zero attached hydrogens (tertiary/aromatic N) is 7. The van der Waals surface area contributed by atoms with E-state index in [0.29, 0.717) is 48.4 Å². The van der Waals surface area contributed by atoms with Gasteiger partial charge in [0.05, 0.1) is 6.33 Å². The molecule has 268 valence electrons. The van der Waals surface area contributed by atoms with Gasteiger partial charge in [0, 0.05) is 32.1 Å². The summed E-state index contributed by atoms with van der Waals surface area (Å²) in [6.07, 6.45) is 1.72. The highest BCUT2D eigenvalue weighted by molar-refractivity contribution is 5.84. The predicted octanol–water partition coefficient (Wildman–Crippen LogP) is 1.83. The van der Waals surface area contributed by atoms with Crippen LogP contribution in [-0.4, -0.2) is 104 Å². The van der Waals surface area contributed by atoms with Gasteiger partial charge >= 0.3 is 0 Å². The highest BCUT2D eigenvalue weighted by atomic mass is 16.6. The van der Waals surface area contributed by atoms with Crippen molar-refractivity contribution >= 4 is 28.8 Å². The molecule has 2 saturated heterocycles. The maximum absolute atomic E-state index is 12.6. The fourth-order valence-corrected chi connectivity index (χ4v) is 6.58. The molecule has 6 N–H and O–H groups in total. The summed E-state index contributed by atoms with van der Waals surface area (Å²) in [6, 6.07) is 20.3. The van der Waals surface area contributed by atoms with Gasteiger partial charge < -0.3 is 35.8 Å². The summed E-state index contributed by atoms with van der Waals surface area (Å²) >= 11 is 0. The Morgan fingerprint density at radius 2 is 1.73 bits per heavy atom. The molecule has 2 aliphatic rings. The van der Waals surface area contributed by atoms with Crippen molar-refractivity contribution in [2.75, 3.05) is 44.6 Å². The number of hydrogen-bond donors (Lipinski definition) is 6. The smallest absolute Gasteiger partial charge is 0.252 e. The molecule has 0 aliphatic carbocycles. The average Bonchev–Trinajstić information content (AvgIpc) is 3.71. The second-order valence-electron chi connectivity index (χ2n) is 12.6. The van der Waals surface area contributed by atoms with E-state index in [1.54, 1.807) is 6.92 Å². The van der Waals surface area contributed by atoms with Crippen molar-refractivity contribution in [3.63, 3.8) is 0 Å². The number of anilines is 1. The van der Waals surface area contributed by atoms with Crippen LogP contribution in [-0.2, 0) is 16.1 Å². The summed E-state index contributed by atoms with van der Waals surface area (Å²) in [6.45, 7) is 6.14. The summed E-state index contributed by atoms with van der Waals surface area (Å²) in [5.74, 6) is 0.496. The van der Waals surface area contributed by atoms with Crippen molar-refractivity contribution in [1.29, 1.82) is 5.26 Å². The number of amides is 1. The zero-order chi connectivity index (χ0) is 35.6. The Labute approximate surface area is 296 Å². The van der Waals surface area contributed by atoms with Crippen LogP contribution in [0.15, 0.2) is 72.0 Å². The lowest BCUT2D eigenvalue weighted by Gasteiger charge is -2.26. The highest BCUT2D eigenvalue weighted by Crippen LogP contribution is 2.33. The molecule has 15 heteroatoms. The zero-order valence-electron chi connectivity index (χ0n) is 28.7. The second-order valence-corrected chi connectivity index (χ2v) is 12.6. The molecule has 2 aromatic heterocycles. The van der Waals surface area contributed by atoms with Gasteiger partial charge in [0.2, 0.25) is 5.96 Å². The van der Waals surface area contributed by atoms with Crippen LogP contribution in [0.1, 0.15) is 55.3 Å². The first-order chi connectivity index (χ1) is 25.0. The first-order valence-corrected chi connectivity index (χ1v) is 17.5. The maximum atomic E-state index is 12.6. The lowest BCUT2D eigenvalue weighted by molar-refractivity contribution is -0.137. The van der Waals surface area contributed by atoms with Crippen molar-refractivity contribution in [3.8, 4) is 6.19 Å². The lowest BCUT2D eigenvalue weighted by Crippen LogP contribution is -2.42. The number of ether oxygens (including phenoxy) is 1. The number of fused-ring (bicyclic) bond motifs is 1. The number of nitriles is 1. The van der Waals surface area contributed by atoms with E-state index in [-0.39, 0.29) is 12.5 Å². The number of aliphatic hydroxyl groups excluding tert-OH is 2. The molecule has 0 radical (unpaired) electrons. The molecule has 6 rings (SSSR count). The van der Waals surface area contributed by atoms with Crippen molar-refractivity contribution < 1.29 is 19.7 Å². The normalized spacial score (nSPS) is 21.0. The van der Waals surface area contributed by atoms with Crippen LogP contribution in [0.3, 0.4) is 0 Å². The zero-order valence-corrected chi connectivity index (χ0v) is 28.7. The largest absolute Gasteiger partial charge is 0.387 e. The predicted molar refractivity (Wildman–Crippen MR) is 191 cm³/mol. The Bertz CT molecular complexity index is 1770. The van der Waals surface area contributed by atoms with Crippen LogP contribution in [0.2, 0.25) is 0 Å². The van der Waals surface area contributed by atoms with E-state index in [0.717, 1.165) is 30.8 Å². The van der Waals surface area contributed by atoms with Gasteiger partial charge in [0.15, 0.2) is 41.3 Å². The first kappa shape index (κ1) is 35.7. The number of likely N-dealkylation sites (tertiary alicyclic amines) is 1. The molecule has 4 atom stereocenters. The number of piperidine rings is 1. The van der Waals surface area contributed by atoms with Gasteiger partial charge in [-0.1, -0.05) is 67.1 Å². The summed E-state index contributed by atoms with van der Waals surface area (Å²) < 4.78 is 7.41. The summed E-state index contributed by atoms with van der Waals surface area (Å²) in [5.41, 5.74) is 2.96. The molecule has 0 saturated carbocycles. The van der Waals surface area contributed by atoms with E-state index in [1.807, 2.05) is 42.6 Å². The summed E-state index contributed by atoms with van der Waals surface area (Å²) in [7, 11) is 0. The summed E-state index contributed by atoms with van der Waals surface area (Å²) in [4.78, 5) is 33.8. The number of carbonyl (C=O) groups excluding carboxylic acids is 1. The molecule has 2 fully saturated rings. The van der Waals surface area contributed by atoms with Gasteiger partial charge in [-0.3, -0.25) is 14.7 Å². The minimum Gasteiger partial charge on any atom is -0.387 e. The number of rotatable bonds is 13. The number of guanidine groups is 1. The molecule has 0 spiro atoms. The van der Waals surface area contributed by atoms with Gasteiger partial charge in [0.1, 0.15) is 18.8 Å². The van der Waals surface area contributed by atoms with Gasteiger partial charge in [-0.05, 0) is 44.0 Å². The Morgan fingerprint density at radius 1 is 1.02 bits per heavy atom. The number of aliphatic imine (C=N–C) groups is 1. The average molecular weight is 696 g/mol. The van der Waals surface area contributed by atoms with Crippen molar-refractivity contribution in [2.45, 2.75) is 63.2 Å². The third kappa shape index (κ3) is 8.61. The maximum Gasteiger partial charge on any atom is 0.252 e. The van der Waals surface area contributed by atoms with Gasteiger partial charge in [-0.15, -0.1) is 0 Å². The third-order valence-electron chi connectivity index (χ3n) is 9.19. The molecule has 4 unspecified atom stereocenters. The van der Waals surface area contributed by atoms with Crippen LogP contribution >= 0.6 is 0 Å². The molecule has 2 aliphatic heterocycles. The van der Waals surface area contributed by atoms with E-state index in [4.69, 9.17) is 14.7 Å². The minimum absolute atomic E-state index is 0.00948. The number of imidazole rings is 1. The van der Waals surface area contributed by atoms with E-state index in [1.165, 1.54) is 30.2 Å². The Kier molecular flexibility index (Phi) is 12.0. The molecule has 15 nitrogen and oxygen atoms in total. The molecule has 4 aromatic rings. The number of carbonyl (C=O) groups is 1. The van der Waals surface area contributed by atoms with E-state index in [2.05, 4.69) is 60.4 Å². The number of hydrogen-bond acceptors (Lipinski definition) is 11. The van der Waals surface area contributed by atoms with Crippen molar-refractivity contribution in [3.05, 3.63) is 83.9 Å². The number of benzene rings is 2. The number of aromatic nitrogens is 4. The Balaban J connectivity index is 1.31. The highest BCUT2D eigenvalue weighted by Gasteiger charge is 2.47. The van der Waals surface area contributed by atoms with Crippen LogP contribution in [0, 0.1) is 11.5 Å². The van der Waals surface area contributed by atoms with Crippen molar-refractivity contribution in [2.24, 2.45) is 4.99 Å². The molecule has 4 heterocycles. The molecular weight excluding hydrogens is 650 g/mol. The van der Waals surface area contributed by atoms with Gasteiger partial charge in [-0.2, -0.15) is 5.26 Å². The monoisotopic (exact) mass is 695 g/mol. The standard InChI is InChI=1S/C36H45N11O4/c1-2-38-34(50)31-29(48)30(49)35(51-31)47-23-43-28-32(40-20-26(24-12-6-3-7-13-24)25-14-8-4-9-15-25)44-27(45-33(28)47)21-41-36(42-22-37)39-16-19-46-17-10-5-11-18-46/h3-4,6-9,12-15,23,26,29-31,35,48-49H,2,5,10-11,16-21H2,1H3,(H,38,50)(H2,39,41,42)(H,40,44,45). The van der Waals surface area contributed by atoms with E-state index >= 15 is 0 Å². The second kappa shape index (κ2) is 17.2. The molecule has 0 bridgehead atoms. The van der Waals surface area contributed by atoms with E-state index < -0.39 is 30.4 Å². The van der Waals surface area contributed by atoms with Gasteiger partial charge in [-0.25, -0.2) is 19.9 Å². The van der Waals surface area contributed by atoms with Crippen LogP contribution in [0.4, 0.5) is 5.82 Å². The fourth-order valence-electron chi connectivity index (χ4n) is 6.58. The number of aliphatic hydroxyl groups is 2. The van der Waals surface area contributed by atoms with E-state index in [9.17, 15) is 20.3 Å². The van der Waals surface area contributed by atoms with Gasteiger partial charge in [0.25, 0.3) is 5.91 Å². The Morgan fingerprint density at radius 3 is 2.39 bits per heavy atom. The topological polar surface area (TPSA) is 198 Å². The SMILES string of the molecule is CCNC(=O)C1OC(n2cnc3c(NCC(c4ccccc4)c4ccccc4)nc(CN=C(NC#N)NCCN4CCCCC4)nc32)C(O)C1O. The number of nitrogens with one attached hydrogen (secondary N) is 4. The number of likely N-dealkylation sites (N-methyl/N-ethyl adjacent to an activating group) is 1. The third-order valence-corrected chi connectivity index (χ3v) is 9.19. The van der Waals surface area contributed by atoms with Crippen LogP contribution in [0.25, 0.3) is 11.2 Å². The Hall–Kier alpha value is -5.14. The molecular formula is C36H45N11O4. The molecule has 51 heavy (non-hydrogen) atoms. The lowest BCUT2D eigenvalue weighted by atomic mass is 9.91. The molecule has 2 aromatic carbocycles.